The summed E-state index contributed by atoms with van der Waals surface area (Å²) < 4.78 is 1.07. The first kappa shape index (κ1) is 12.9. The number of nitrogens with one attached hydrogen (secondary N) is 1. The van der Waals surface area contributed by atoms with E-state index in [-0.39, 0.29) is 5.54 Å². The first-order valence-corrected chi connectivity index (χ1v) is 7.50. The molecule has 3 nitrogen and oxygen atoms in total. The van der Waals surface area contributed by atoms with Crippen LogP contribution in [-0.2, 0) is 5.54 Å². The molecule has 1 aliphatic carbocycles. The average Bonchev–Trinajstić information content (AvgIpc) is 2.97. The van der Waals surface area contributed by atoms with E-state index >= 15 is 0 Å². The van der Waals surface area contributed by atoms with Gasteiger partial charge in [-0.1, -0.05) is 40.9 Å². The molecular weight excluding hydrogens is 302 g/mol. The van der Waals surface area contributed by atoms with Gasteiger partial charge < -0.3 is 10.7 Å². The predicted molar refractivity (Wildman–Crippen MR) is 80.8 cm³/mol. The lowest BCUT2D eigenvalue weighted by molar-refractivity contribution is 0.435. The molecule has 3 rings (SSSR count). The Hall–Kier alpha value is -1.13. The standard InChI is InChI=1S/C15H18BrN3/c1-10-13(11-5-4-6-12(16)9-11)19-14(18-10)15(17)7-2-3-8-15/h4-6,9H,2-3,7-8,17H2,1H3,(H,18,19). The van der Waals surface area contributed by atoms with E-state index in [1.54, 1.807) is 0 Å². The largest absolute Gasteiger partial charge is 0.344 e. The zero-order valence-corrected chi connectivity index (χ0v) is 12.6. The number of benzene rings is 1. The molecule has 2 aromatic rings. The van der Waals surface area contributed by atoms with Gasteiger partial charge in [-0.25, -0.2) is 4.98 Å². The molecule has 1 aromatic heterocycles. The third-order valence-corrected chi connectivity index (χ3v) is 4.44. The summed E-state index contributed by atoms with van der Waals surface area (Å²) in [7, 11) is 0. The zero-order valence-electron chi connectivity index (χ0n) is 11.0. The lowest BCUT2D eigenvalue weighted by Crippen LogP contribution is -2.34. The van der Waals surface area contributed by atoms with Crippen molar-refractivity contribution >= 4 is 15.9 Å². The molecule has 0 aliphatic heterocycles. The van der Waals surface area contributed by atoms with E-state index in [1.165, 1.54) is 12.8 Å². The molecule has 0 spiro atoms. The maximum atomic E-state index is 6.47. The molecular formula is C15H18BrN3. The van der Waals surface area contributed by atoms with Crippen LogP contribution in [0.3, 0.4) is 0 Å². The molecule has 19 heavy (non-hydrogen) atoms. The minimum atomic E-state index is -0.255. The molecule has 0 atom stereocenters. The van der Waals surface area contributed by atoms with E-state index in [0.29, 0.717) is 0 Å². The Morgan fingerprint density at radius 2 is 2.05 bits per heavy atom. The number of aromatic nitrogens is 2. The Morgan fingerprint density at radius 3 is 2.74 bits per heavy atom. The predicted octanol–water partition coefficient (Wildman–Crippen LogP) is 3.88. The highest BCUT2D eigenvalue weighted by molar-refractivity contribution is 9.10. The van der Waals surface area contributed by atoms with Gasteiger partial charge in [-0.2, -0.15) is 0 Å². The number of nitrogens with two attached hydrogens (primary N) is 1. The molecule has 1 aromatic carbocycles. The summed E-state index contributed by atoms with van der Waals surface area (Å²) in [5, 5.41) is 0. The number of halogens is 1. The van der Waals surface area contributed by atoms with Crippen molar-refractivity contribution in [2.45, 2.75) is 38.1 Å². The zero-order chi connectivity index (χ0) is 13.5. The van der Waals surface area contributed by atoms with Crippen molar-refractivity contribution in [1.29, 1.82) is 0 Å². The molecule has 0 bridgehead atoms. The maximum absolute atomic E-state index is 6.47. The van der Waals surface area contributed by atoms with Crippen molar-refractivity contribution < 1.29 is 0 Å². The highest BCUT2D eigenvalue weighted by Crippen LogP contribution is 2.36. The molecule has 3 N–H and O–H groups in total. The molecule has 1 aliphatic rings. The van der Waals surface area contributed by atoms with Crippen molar-refractivity contribution in [1.82, 2.24) is 9.97 Å². The first-order valence-electron chi connectivity index (χ1n) is 6.70. The Balaban J connectivity index is 2.02. The Morgan fingerprint density at radius 1 is 1.32 bits per heavy atom. The normalized spacial score (nSPS) is 17.8. The summed E-state index contributed by atoms with van der Waals surface area (Å²) in [6, 6.07) is 8.22. The highest BCUT2D eigenvalue weighted by Gasteiger charge is 2.34. The van der Waals surface area contributed by atoms with E-state index in [1.807, 2.05) is 12.1 Å². The van der Waals surface area contributed by atoms with Gasteiger partial charge >= 0.3 is 0 Å². The van der Waals surface area contributed by atoms with Crippen LogP contribution in [0.5, 0.6) is 0 Å². The molecule has 100 valence electrons. The van der Waals surface area contributed by atoms with E-state index in [9.17, 15) is 0 Å². The molecule has 0 radical (unpaired) electrons. The summed E-state index contributed by atoms with van der Waals surface area (Å²) in [6.45, 7) is 2.06. The van der Waals surface area contributed by atoms with Crippen LogP contribution in [0.15, 0.2) is 28.7 Å². The van der Waals surface area contributed by atoms with Gasteiger partial charge in [0.05, 0.1) is 11.2 Å². The number of hydrogen-bond donors (Lipinski definition) is 2. The summed E-state index contributed by atoms with van der Waals surface area (Å²) in [5.41, 5.74) is 9.43. The fourth-order valence-corrected chi connectivity index (χ4v) is 3.25. The lowest BCUT2D eigenvalue weighted by atomic mass is 9.99. The third kappa shape index (κ3) is 2.35. The Labute approximate surface area is 121 Å². The SMILES string of the molecule is Cc1[nH]c(C2(N)CCCC2)nc1-c1cccc(Br)c1. The fourth-order valence-electron chi connectivity index (χ4n) is 2.86. The summed E-state index contributed by atoms with van der Waals surface area (Å²) >= 11 is 3.50. The number of H-pyrrole nitrogens is 1. The number of nitrogens with zero attached hydrogens (tertiary/aromatic N) is 1. The van der Waals surface area contributed by atoms with Crippen LogP contribution >= 0.6 is 15.9 Å². The Kier molecular flexibility index (Phi) is 3.23. The van der Waals surface area contributed by atoms with Gasteiger partial charge in [-0.05, 0) is 31.9 Å². The minimum Gasteiger partial charge on any atom is -0.344 e. The topological polar surface area (TPSA) is 54.7 Å². The van der Waals surface area contributed by atoms with Gasteiger partial charge in [-0.3, -0.25) is 0 Å². The van der Waals surface area contributed by atoms with Crippen molar-refractivity contribution in [3.05, 3.63) is 40.3 Å². The van der Waals surface area contributed by atoms with Crippen molar-refractivity contribution in [3.8, 4) is 11.3 Å². The number of aromatic amines is 1. The van der Waals surface area contributed by atoms with Crippen LogP contribution in [0.25, 0.3) is 11.3 Å². The molecule has 1 heterocycles. The van der Waals surface area contributed by atoms with Gasteiger partial charge in [0.2, 0.25) is 0 Å². The van der Waals surface area contributed by atoms with E-state index in [0.717, 1.165) is 40.1 Å². The maximum Gasteiger partial charge on any atom is 0.127 e. The molecule has 1 saturated carbocycles. The number of aryl methyl sites for hydroxylation is 1. The number of hydrogen-bond acceptors (Lipinski definition) is 2. The smallest absolute Gasteiger partial charge is 0.127 e. The molecule has 1 fully saturated rings. The van der Waals surface area contributed by atoms with Gasteiger partial charge in [0.15, 0.2) is 0 Å². The average molecular weight is 320 g/mol. The Bertz CT molecular complexity index is 597. The van der Waals surface area contributed by atoms with Crippen molar-refractivity contribution in [2.24, 2.45) is 5.73 Å². The van der Waals surface area contributed by atoms with E-state index in [4.69, 9.17) is 10.7 Å². The minimum absolute atomic E-state index is 0.255. The van der Waals surface area contributed by atoms with Crippen molar-refractivity contribution in [3.63, 3.8) is 0 Å². The number of imidazole rings is 1. The van der Waals surface area contributed by atoms with Gasteiger partial charge in [0, 0.05) is 15.7 Å². The molecule has 0 amide bonds. The number of rotatable bonds is 2. The summed E-state index contributed by atoms with van der Waals surface area (Å²) in [5.74, 6) is 0.942. The van der Waals surface area contributed by atoms with Crippen molar-refractivity contribution in [2.75, 3.05) is 0 Å². The second-order valence-corrected chi connectivity index (χ2v) is 6.35. The fraction of sp³-hybridized carbons (Fsp3) is 0.400. The molecule has 0 saturated heterocycles. The van der Waals surface area contributed by atoms with Crippen LogP contribution in [0.1, 0.15) is 37.2 Å². The third-order valence-electron chi connectivity index (χ3n) is 3.95. The van der Waals surface area contributed by atoms with Gasteiger partial charge in [0.25, 0.3) is 0 Å². The quantitative estimate of drug-likeness (QED) is 0.882. The summed E-state index contributed by atoms with van der Waals surface area (Å²) in [6.07, 6.45) is 4.45. The van der Waals surface area contributed by atoms with Gasteiger partial charge in [0.1, 0.15) is 5.82 Å². The lowest BCUT2D eigenvalue weighted by Gasteiger charge is -2.20. The van der Waals surface area contributed by atoms with Crippen LogP contribution in [-0.4, -0.2) is 9.97 Å². The molecule has 4 heteroatoms. The van der Waals surface area contributed by atoms with Crippen LogP contribution in [0, 0.1) is 6.92 Å². The van der Waals surface area contributed by atoms with E-state index < -0.39 is 0 Å². The second-order valence-electron chi connectivity index (χ2n) is 5.43. The van der Waals surface area contributed by atoms with Crippen LogP contribution < -0.4 is 5.73 Å². The van der Waals surface area contributed by atoms with Crippen LogP contribution in [0.4, 0.5) is 0 Å². The highest BCUT2D eigenvalue weighted by atomic mass is 79.9. The molecule has 0 unspecified atom stereocenters. The van der Waals surface area contributed by atoms with E-state index in [2.05, 4.69) is 40.0 Å². The first-order chi connectivity index (χ1) is 9.08. The summed E-state index contributed by atoms with van der Waals surface area (Å²) in [4.78, 5) is 8.17. The van der Waals surface area contributed by atoms with Crippen LogP contribution in [0.2, 0.25) is 0 Å². The monoisotopic (exact) mass is 319 g/mol. The van der Waals surface area contributed by atoms with Gasteiger partial charge in [-0.15, -0.1) is 0 Å². The second kappa shape index (κ2) is 4.76.